The molecular formula is C21H20F2N4O2. The largest absolute Gasteiger partial charge is 0.497 e. The van der Waals surface area contributed by atoms with Crippen LogP contribution in [-0.2, 0) is 0 Å². The number of amides is 1. The van der Waals surface area contributed by atoms with Crippen molar-refractivity contribution in [1.82, 2.24) is 15.5 Å². The summed E-state index contributed by atoms with van der Waals surface area (Å²) in [6.07, 6.45) is 0.736. The smallest absolute Gasteiger partial charge is 0.251 e. The van der Waals surface area contributed by atoms with Crippen molar-refractivity contribution in [2.45, 2.75) is 12.5 Å². The van der Waals surface area contributed by atoms with Crippen molar-refractivity contribution in [1.29, 1.82) is 0 Å². The van der Waals surface area contributed by atoms with Gasteiger partial charge >= 0.3 is 0 Å². The number of nitrogens with one attached hydrogen (secondary N) is 2. The minimum Gasteiger partial charge on any atom is -0.497 e. The molecule has 0 spiro atoms. The number of H-pyrrole nitrogens is 1. The van der Waals surface area contributed by atoms with Gasteiger partial charge in [-0.2, -0.15) is 5.10 Å². The molecule has 1 aliphatic heterocycles. The summed E-state index contributed by atoms with van der Waals surface area (Å²) in [5.41, 5.74) is 1.98. The van der Waals surface area contributed by atoms with Gasteiger partial charge in [0.2, 0.25) is 0 Å². The summed E-state index contributed by atoms with van der Waals surface area (Å²) in [7, 11) is 1.62. The molecule has 1 saturated heterocycles. The molecule has 3 aromatic rings. The molecule has 0 aliphatic carbocycles. The van der Waals surface area contributed by atoms with E-state index in [2.05, 4.69) is 20.4 Å². The first-order chi connectivity index (χ1) is 14.0. The maximum Gasteiger partial charge on any atom is 0.251 e. The number of carbonyl (C=O) groups excluding carboxylic acids is 1. The molecule has 6 nitrogen and oxygen atoms in total. The summed E-state index contributed by atoms with van der Waals surface area (Å²) in [5, 5.41) is 10.3. The SMILES string of the molecule is COc1ccc(-c2cc(N3CCC(NC(=O)c4ccc(F)c(F)c4)C3)n[nH]2)cc1. The third-order valence-corrected chi connectivity index (χ3v) is 4.99. The average Bonchev–Trinajstić information content (AvgIpc) is 3.39. The molecule has 0 radical (unpaired) electrons. The highest BCUT2D eigenvalue weighted by Gasteiger charge is 2.26. The fourth-order valence-electron chi connectivity index (χ4n) is 3.38. The third-order valence-electron chi connectivity index (χ3n) is 4.99. The second-order valence-electron chi connectivity index (χ2n) is 6.90. The minimum atomic E-state index is -1.03. The quantitative estimate of drug-likeness (QED) is 0.691. The molecule has 2 aromatic carbocycles. The Morgan fingerprint density at radius 1 is 1.17 bits per heavy atom. The number of methoxy groups -OCH3 is 1. The fraction of sp³-hybridized carbons (Fsp3) is 0.238. The first-order valence-electron chi connectivity index (χ1n) is 9.24. The van der Waals surface area contributed by atoms with Crippen molar-refractivity contribution < 1.29 is 18.3 Å². The van der Waals surface area contributed by atoms with Gasteiger partial charge in [0.25, 0.3) is 5.91 Å². The summed E-state index contributed by atoms with van der Waals surface area (Å²) in [6.45, 7) is 1.32. The van der Waals surface area contributed by atoms with Crippen LogP contribution in [0.3, 0.4) is 0 Å². The van der Waals surface area contributed by atoms with Crippen LogP contribution in [0.5, 0.6) is 5.75 Å². The first-order valence-corrected chi connectivity index (χ1v) is 9.24. The van der Waals surface area contributed by atoms with Crippen LogP contribution in [0.2, 0.25) is 0 Å². The Hall–Kier alpha value is -3.42. The molecule has 0 saturated carbocycles. The van der Waals surface area contributed by atoms with Gasteiger partial charge < -0.3 is 15.0 Å². The molecular weight excluding hydrogens is 378 g/mol. The second-order valence-corrected chi connectivity index (χ2v) is 6.90. The molecule has 1 aliphatic rings. The maximum atomic E-state index is 13.3. The number of carbonyl (C=O) groups is 1. The number of aromatic amines is 1. The van der Waals surface area contributed by atoms with Gasteiger partial charge in [0.1, 0.15) is 5.75 Å². The summed E-state index contributed by atoms with van der Waals surface area (Å²) < 4.78 is 31.5. The van der Waals surface area contributed by atoms with E-state index in [0.29, 0.717) is 6.54 Å². The Kier molecular flexibility index (Phi) is 5.16. The summed E-state index contributed by atoms with van der Waals surface area (Å²) in [6, 6.07) is 12.7. The molecule has 1 atom stereocenters. The highest BCUT2D eigenvalue weighted by atomic mass is 19.2. The van der Waals surface area contributed by atoms with Gasteiger partial charge in [0.15, 0.2) is 17.5 Å². The van der Waals surface area contributed by atoms with Crippen LogP contribution in [0.4, 0.5) is 14.6 Å². The highest BCUT2D eigenvalue weighted by Crippen LogP contribution is 2.26. The minimum absolute atomic E-state index is 0.100. The standard InChI is InChI=1S/C21H20F2N4O2/c1-29-16-5-2-13(3-6-16)19-11-20(26-25-19)27-9-8-15(12-27)24-21(28)14-4-7-17(22)18(23)10-14/h2-7,10-11,15H,8-9,12H2,1H3,(H,24,28)(H,25,26). The lowest BCUT2D eigenvalue weighted by Gasteiger charge is -2.16. The van der Waals surface area contributed by atoms with E-state index in [9.17, 15) is 13.6 Å². The number of hydrogen-bond acceptors (Lipinski definition) is 4. The van der Waals surface area contributed by atoms with E-state index in [-0.39, 0.29) is 11.6 Å². The normalized spacial score (nSPS) is 16.1. The van der Waals surface area contributed by atoms with Gasteiger partial charge in [-0.1, -0.05) is 0 Å². The summed E-state index contributed by atoms with van der Waals surface area (Å²) in [5.74, 6) is -0.849. The number of aromatic nitrogens is 2. The molecule has 1 amide bonds. The number of nitrogens with zero attached hydrogens (tertiary/aromatic N) is 2. The van der Waals surface area contributed by atoms with Gasteiger partial charge in [-0.25, -0.2) is 8.78 Å². The van der Waals surface area contributed by atoms with E-state index in [4.69, 9.17) is 4.74 Å². The fourth-order valence-corrected chi connectivity index (χ4v) is 3.38. The van der Waals surface area contributed by atoms with Crippen LogP contribution in [0.15, 0.2) is 48.5 Å². The van der Waals surface area contributed by atoms with Gasteiger partial charge in [0, 0.05) is 30.8 Å². The van der Waals surface area contributed by atoms with Crippen LogP contribution < -0.4 is 15.0 Å². The number of halogens is 2. The number of rotatable bonds is 5. The van der Waals surface area contributed by atoms with Crippen molar-refractivity contribution in [3.63, 3.8) is 0 Å². The molecule has 0 bridgehead atoms. The van der Waals surface area contributed by atoms with Crippen molar-refractivity contribution in [2.24, 2.45) is 0 Å². The lowest BCUT2D eigenvalue weighted by Crippen LogP contribution is -2.37. The van der Waals surface area contributed by atoms with E-state index in [1.165, 1.54) is 6.07 Å². The van der Waals surface area contributed by atoms with Crippen molar-refractivity contribution in [3.05, 3.63) is 65.7 Å². The Labute approximate surface area is 166 Å². The number of anilines is 1. The van der Waals surface area contributed by atoms with E-state index in [1.807, 2.05) is 30.3 Å². The first kappa shape index (κ1) is 18.9. The predicted octanol–water partition coefficient (Wildman–Crippen LogP) is 3.37. The molecule has 8 heteroatoms. The number of hydrogen-bond donors (Lipinski definition) is 2. The van der Waals surface area contributed by atoms with E-state index >= 15 is 0 Å². The zero-order valence-corrected chi connectivity index (χ0v) is 15.8. The molecule has 2 heterocycles. The Balaban J connectivity index is 1.39. The van der Waals surface area contributed by atoms with E-state index < -0.39 is 17.5 Å². The van der Waals surface area contributed by atoms with Crippen LogP contribution in [0, 0.1) is 11.6 Å². The number of ether oxygens (including phenoxy) is 1. The molecule has 29 heavy (non-hydrogen) atoms. The molecule has 4 rings (SSSR count). The number of benzene rings is 2. The predicted molar refractivity (Wildman–Crippen MR) is 105 cm³/mol. The second kappa shape index (κ2) is 7.90. The van der Waals surface area contributed by atoms with Gasteiger partial charge in [0.05, 0.1) is 12.8 Å². The lowest BCUT2D eigenvalue weighted by molar-refractivity contribution is 0.0940. The Bertz CT molecular complexity index is 1020. The monoisotopic (exact) mass is 398 g/mol. The molecule has 1 fully saturated rings. The molecule has 1 unspecified atom stereocenters. The van der Waals surface area contributed by atoms with Crippen LogP contribution in [0.1, 0.15) is 16.8 Å². The zero-order chi connectivity index (χ0) is 20.4. The van der Waals surface area contributed by atoms with E-state index in [1.54, 1.807) is 7.11 Å². The van der Waals surface area contributed by atoms with Gasteiger partial charge in [-0.15, -0.1) is 0 Å². The molecule has 1 aromatic heterocycles. The average molecular weight is 398 g/mol. The Morgan fingerprint density at radius 2 is 1.97 bits per heavy atom. The molecule has 150 valence electrons. The molecule has 2 N–H and O–H groups in total. The van der Waals surface area contributed by atoms with Crippen molar-refractivity contribution in [2.75, 3.05) is 25.1 Å². The summed E-state index contributed by atoms with van der Waals surface area (Å²) >= 11 is 0. The van der Waals surface area contributed by atoms with E-state index in [0.717, 1.165) is 47.9 Å². The Morgan fingerprint density at radius 3 is 2.69 bits per heavy atom. The maximum absolute atomic E-state index is 13.3. The third kappa shape index (κ3) is 4.06. The van der Waals surface area contributed by atoms with Crippen molar-refractivity contribution >= 4 is 11.7 Å². The topological polar surface area (TPSA) is 70.2 Å². The van der Waals surface area contributed by atoms with Gasteiger partial charge in [-0.05, 0) is 54.4 Å². The van der Waals surface area contributed by atoms with Crippen molar-refractivity contribution in [3.8, 4) is 17.0 Å². The highest BCUT2D eigenvalue weighted by molar-refractivity contribution is 5.94. The van der Waals surface area contributed by atoms with Crippen LogP contribution in [0.25, 0.3) is 11.3 Å². The summed E-state index contributed by atoms with van der Waals surface area (Å²) in [4.78, 5) is 14.4. The van der Waals surface area contributed by atoms with Gasteiger partial charge in [-0.3, -0.25) is 9.89 Å². The lowest BCUT2D eigenvalue weighted by atomic mass is 10.1. The zero-order valence-electron chi connectivity index (χ0n) is 15.8. The van der Waals surface area contributed by atoms with Crippen LogP contribution >= 0.6 is 0 Å². The van der Waals surface area contributed by atoms with Crippen LogP contribution in [-0.4, -0.2) is 42.3 Å².